The molecule has 0 aliphatic rings. The Balaban J connectivity index is 2.71. The van der Waals surface area contributed by atoms with Crippen molar-refractivity contribution >= 4 is 37.0 Å². The Morgan fingerprint density at radius 2 is 2.11 bits per heavy atom. The van der Waals surface area contributed by atoms with Gasteiger partial charge in [-0.25, -0.2) is 13.2 Å². The van der Waals surface area contributed by atoms with E-state index in [1.54, 1.807) is 14.0 Å². The summed E-state index contributed by atoms with van der Waals surface area (Å²) in [4.78, 5) is 12.3. The minimum atomic E-state index is -3.82. The van der Waals surface area contributed by atoms with E-state index in [1.807, 2.05) is 0 Å². The van der Waals surface area contributed by atoms with Gasteiger partial charge in [0.05, 0.1) is 11.5 Å². The maximum atomic E-state index is 11.6. The average molecular weight is 313 g/mol. The van der Waals surface area contributed by atoms with Crippen LogP contribution in [0.5, 0.6) is 0 Å². The van der Waals surface area contributed by atoms with E-state index in [0.717, 1.165) is 11.3 Å². The molecule has 8 heteroatoms. The maximum absolute atomic E-state index is 11.6. The highest BCUT2D eigenvalue weighted by Crippen LogP contribution is 2.28. The summed E-state index contributed by atoms with van der Waals surface area (Å²) in [6.45, 7) is 2.31. The predicted octanol–water partition coefficient (Wildman–Crippen LogP) is 2.18. The van der Waals surface area contributed by atoms with Crippen LogP contribution in [-0.4, -0.2) is 34.7 Å². The number of hydrogen-bond donors (Lipinski definition) is 0. The summed E-state index contributed by atoms with van der Waals surface area (Å²) in [5.41, 5.74) is 0. The largest absolute Gasteiger partial charge is 0.461 e. The van der Waals surface area contributed by atoms with Crippen LogP contribution in [-0.2, 0) is 18.5 Å². The second-order valence-corrected chi connectivity index (χ2v) is 7.24. The number of ether oxygens (including phenoxy) is 2. The highest BCUT2D eigenvalue weighted by Gasteiger charge is 2.20. The van der Waals surface area contributed by atoms with Gasteiger partial charge in [-0.05, 0) is 13.0 Å². The van der Waals surface area contributed by atoms with Crippen molar-refractivity contribution in [3.8, 4) is 0 Å². The van der Waals surface area contributed by atoms with Gasteiger partial charge in [-0.3, -0.25) is 0 Å². The first-order valence-corrected chi connectivity index (χ1v) is 8.20. The molecular weight excluding hydrogens is 300 g/mol. The number of thiophene rings is 1. The van der Waals surface area contributed by atoms with E-state index in [9.17, 15) is 13.2 Å². The Hall–Kier alpha value is -0.630. The third-order valence-electron chi connectivity index (χ3n) is 2.06. The molecule has 1 aromatic heterocycles. The lowest BCUT2D eigenvalue weighted by Gasteiger charge is -2.01. The van der Waals surface area contributed by atoms with Crippen molar-refractivity contribution in [2.75, 3.05) is 20.3 Å². The first kappa shape index (κ1) is 15.4. The fraction of sp³-hybridized carbons (Fsp3) is 0.500. The van der Waals surface area contributed by atoms with Crippen molar-refractivity contribution in [3.05, 3.63) is 15.8 Å². The quantitative estimate of drug-likeness (QED) is 0.457. The van der Waals surface area contributed by atoms with Crippen molar-refractivity contribution in [1.29, 1.82) is 0 Å². The zero-order valence-corrected chi connectivity index (χ0v) is 12.3. The number of aryl methyl sites for hydroxylation is 1. The van der Waals surface area contributed by atoms with E-state index >= 15 is 0 Å². The molecule has 5 nitrogen and oxygen atoms in total. The molecule has 0 bridgehead atoms. The first-order valence-electron chi connectivity index (χ1n) is 5.07. The number of esters is 1. The molecule has 0 aliphatic carbocycles. The number of rotatable bonds is 6. The molecule has 1 aromatic rings. The molecule has 0 aliphatic heterocycles. The summed E-state index contributed by atoms with van der Waals surface area (Å²) in [5.74, 6) is -0.550. The van der Waals surface area contributed by atoms with Gasteiger partial charge in [0, 0.05) is 35.7 Å². The molecule has 1 heterocycles. The van der Waals surface area contributed by atoms with Gasteiger partial charge >= 0.3 is 5.97 Å². The monoisotopic (exact) mass is 312 g/mol. The molecule has 18 heavy (non-hydrogen) atoms. The summed E-state index contributed by atoms with van der Waals surface area (Å²) >= 11 is 1.04. The summed E-state index contributed by atoms with van der Waals surface area (Å²) < 4.78 is 32.2. The van der Waals surface area contributed by atoms with Crippen molar-refractivity contribution in [2.45, 2.75) is 18.2 Å². The predicted molar refractivity (Wildman–Crippen MR) is 68.9 cm³/mol. The van der Waals surface area contributed by atoms with Gasteiger partial charge in [-0.2, -0.15) is 0 Å². The van der Waals surface area contributed by atoms with Gasteiger partial charge in [0.25, 0.3) is 9.05 Å². The van der Waals surface area contributed by atoms with Crippen molar-refractivity contribution < 1.29 is 22.7 Å². The molecule has 0 amide bonds. The lowest BCUT2D eigenvalue weighted by Crippen LogP contribution is -2.06. The van der Waals surface area contributed by atoms with Crippen LogP contribution in [0.15, 0.2) is 11.0 Å². The zero-order valence-electron chi connectivity index (χ0n) is 9.93. The Labute approximate surface area is 114 Å². The van der Waals surface area contributed by atoms with E-state index in [1.165, 1.54) is 6.07 Å². The molecule has 0 saturated heterocycles. The van der Waals surface area contributed by atoms with Crippen molar-refractivity contribution in [3.63, 3.8) is 0 Å². The molecule has 0 saturated carbocycles. The van der Waals surface area contributed by atoms with E-state index < -0.39 is 15.0 Å². The smallest absolute Gasteiger partial charge is 0.348 e. The highest BCUT2D eigenvalue weighted by atomic mass is 35.7. The SMILES string of the molecule is COCCCOC(=O)c1cc(S(=O)(=O)Cl)c(C)s1. The number of carbonyl (C=O) groups is 1. The first-order chi connectivity index (χ1) is 8.36. The number of halogens is 1. The van der Waals surface area contributed by atoms with E-state index in [0.29, 0.717) is 17.9 Å². The molecule has 1 rings (SSSR count). The van der Waals surface area contributed by atoms with Gasteiger partial charge in [0.1, 0.15) is 4.88 Å². The Bertz CT molecular complexity index is 520. The minimum Gasteiger partial charge on any atom is -0.461 e. The zero-order chi connectivity index (χ0) is 13.8. The fourth-order valence-corrected chi connectivity index (χ4v) is 3.80. The summed E-state index contributed by atoms with van der Waals surface area (Å²) in [7, 11) is 2.97. The Morgan fingerprint density at radius 3 is 2.61 bits per heavy atom. The van der Waals surface area contributed by atoms with Crippen LogP contribution in [0.3, 0.4) is 0 Å². The molecule has 0 radical (unpaired) electrons. The van der Waals surface area contributed by atoms with Gasteiger partial charge in [0.2, 0.25) is 0 Å². The van der Waals surface area contributed by atoms with Crippen molar-refractivity contribution in [1.82, 2.24) is 0 Å². The molecule has 102 valence electrons. The van der Waals surface area contributed by atoms with Crippen LogP contribution in [0.25, 0.3) is 0 Å². The maximum Gasteiger partial charge on any atom is 0.348 e. The van der Waals surface area contributed by atoms with Gasteiger partial charge < -0.3 is 9.47 Å². The molecule has 0 N–H and O–H groups in total. The van der Waals surface area contributed by atoms with E-state index in [4.69, 9.17) is 20.2 Å². The standard InChI is InChI=1S/C10H13ClO5S2/c1-7-9(18(11,13)14)6-8(17-7)10(12)16-5-3-4-15-2/h6H,3-5H2,1-2H3. The Morgan fingerprint density at radius 1 is 1.44 bits per heavy atom. The molecule has 0 atom stereocenters. The van der Waals surface area contributed by atoms with Gasteiger partial charge in [-0.1, -0.05) is 0 Å². The summed E-state index contributed by atoms with van der Waals surface area (Å²) in [5, 5.41) is 0. The lowest BCUT2D eigenvalue weighted by atomic mass is 10.4. The van der Waals surface area contributed by atoms with Crippen LogP contribution in [0, 0.1) is 6.92 Å². The number of carbonyl (C=O) groups excluding carboxylic acids is 1. The highest BCUT2D eigenvalue weighted by molar-refractivity contribution is 8.13. The van der Waals surface area contributed by atoms with Crippen LogP contribution >= 0.6 is 22.0 Å². The lowest BCUT2D eigenvalue weighted by molar-refractivity contribution is 0.0474. The molecule has 0 fully saturated rings. The topological polar surface area (TPSA) is 69.7 Å². The molecular formula is C10H13ClO5S2. The third-order valence-corrected chi connectivity index (χ3v) is 4.67. The van der Waals surface area contributed by atoms with Crippen LogP contribution in [0.1, 0.15) is 21.0 Å². The number of hydrogen-bond acceptors (Lipinski definition) is 6. The van der Waals surface area contributed by atoms with Crippen molar-refractivity contribution in [2.24, 2.45) is 0 Å². The van der Waals surface area contributed by atoms with E-state index in [-0.39, 0.29) is 16.4 Å². The average Bonchev–Trinajstić information content (AvgIpc) is 2.66. The summed E-state index contributed by atoms with van der Waals surface area (Å²) in [6.07, 6.45) is 0.591. The van der Waals surface area contributed by atoms with Crippen LogP contribution in [0.4, 0.5) is 0 Å². The second-order valence-electron chi connectivity index (χ2n) is 3.45. The fourth-order valence-electron chi connectivity index (χ4n) is 1.25. The second kappa shape index (κ2) is 6.51. The third kappa shape index (κ3) is 4.24. The summed E-state index contributed by atoms with van der Waals surface area (Å²) in [6, 6.07) is 1.24. The molecule has 0 spiro atoms. The number of methoxy groups -OCH3 is 1. The Kier molecular flexibility index (Phi) is 5.58. The van der Waals surface area contributed by atoms with Gasteiger partial charge in [0.15, 0.2) is 0 Å². The molecule has 0 unspecified atom stereocenters. The van der Waals surface area contributed by atoms with Gasteiger partial charge in [-0.15, -0.1) is 11.3 Å². The van der Waals surface area contributed by atoms with Crippen LogP contribution in [0.2, 0.25) is 0 Å². The van der Waals surface area contributed by atoms with Crippen LogP contribution < -0.4 is 0 Å². The minimum absolute atomic E-state index is 0.0435. The normalized spacial score (nSPS) is 11.5. The molecule has 0 aromatic carbocycles. The van der Waals surface area contributed by atoms with E-state index in [2.05, 4.69) is 0 Å².